The van der Waals surface area contributed by atoms with Crippen LogP contribution in [0.1, 0.15) is 24.1 Å². The van der Waals surface area contributed by atoms with Crippen molar-refractivity contribution < 1.29 is 0 Å². The fraction of sp³-hybridized carbons (Fsp3) is 0.0800. The average Bonchev–Trinajstić information content (AvgIpc) is 3.76. The molecule has 0 radical (unpaired) electrons. The molecule has 0 saturated heterocycles. The summed E-state index contributed by atoms with van der Waals surface area (Å²) in [6.45, 7) is 5.66. The number of hydrogen-bond donors (Lipinski definition) is 2. The Morgan fingerprint density at radius 3 is 1.82 bits per heavy atom. The molecule has 0 amide bonds. The molecule has 0 saturated carbocycles. The smallest absolute Gasteiger partial charge is 0.154 e. The summed E-state index contributed by atoms with van der Waals surface area (Å²) in [4.78, 5) is 12.4. The van der Waals surface area contributed by atoms with Gasteiger partial charge in [-0.25, -0.2) is 4.99 Å². The molecule has 8 aromatic carbocycles. The van der Waals surface area contributed by atoms with Crippen molar-refractivity contribution in [1.29, 1.82) is 0 Å². The molecule has 0 aliphatic heterocycles. The summed E-state index contributed by atoms with van der Waals surface area (Å²) in [5.41, 5.74) is 8.16. The Bertz CT molecular complexity index is 2940. The number of aliphatic imine (C=N–C) groups is 2. The molecule has 2 heterocycles. The van der Waals surface area contributed by atoms with Gasteiger partial charge in [-0.15, -0.1) is 0 Å². The molecule has 10 aromatic rings. The van der Waals surface area contributed by atoms with Crippen LogP contribution in [0.3, 0.4) is 0 Å². The van der Waals surface area contributed by atoms with Gasteiger partial charge in [0.05, 0.1) is 17.1 Å². The van der Waals surface area contributed by atoms with E-state index in [-0.39, 0.29) is 6.04 Å². The number of aromatic nitrogens is 2. The molecule has 2 N–H and O–H groups in total. The largest absolute Gasteiger partial charge is 0.354 e. The summed E-state index contributed by atoms with van der Waals surface area (Å²) >= 11 is 0. The molecule has 0 bridgehead atoms. The quantitative estimate of drug-likeness (QED) is 0.138. The minimum Gasteiger partial charge on any atom is -0.354 e. The Morgan fingerprint density at radius 2 is 1.13 bits per heavy atom. The van der Waals surface area contributed by atoms with E-state index in [1.807, 2.05) is 62.6 Å². The van der Waals surface area contributed by atoms with Gasteiger partial charge in [-0.1, -0.05) is 133 Å². The van der Waals surface area contributed by atoms with Crippen LogP contribution in [0.15, 0.2) is 186 Å². The fourth-order valence-electron chi connectivity index (χ4n) is 7.51. The Morgan fingerprint density at radius 1 is 0.564 bits per heavy atom. The number of rotatable bonds is 4. The number of amidine groups is 1. The Hall–Kier alpha value is -6.82. The topological polar surface area (TPSA) is 57.5 Å². The number of nitrogens with zero attached hydrogens (tertiary/aromatic N) is 3. The van der Waals surface area contributed by atoms with E-state index in [2.05, 4.69) is 166 Å². The van der Waals surface area contributed by atoms with Gasteiger partial charge in [0.2, 0.25) is 0 Å². The summed E-state index contributed by atoms with van der Waals surface area (Å²) in [7, 11) is 3.75. The van der Waals surface area contributed by atoms with E-state index in [4.69, 9.17) is 0 Å². The Balaban J connectivity index is 0.000000173. The van der Waals surface area contributed by atoms with Crippen LogP contribution in [0.2, 0.25) is 0 Å². The first kappa shape index (κ1) is 35.2. The van der Waals surface area contributed by atoms with Gasteiger partial charge < -0.3 is 14.9 Å². The van der Waals surface area contributed by atoms with Crippen LogP contribution in [-0.2, 0) is 0 Å². The van der Waals surface area contributed by atoms with Crippen molar-refractivity contribution in [3.8, 4) is 5.69 Å². The summed E-state index contributed by atoms with van der Waals surface area (Å²) in [5.74, 6) is 0.687. The lowest BCUT2D eigenvalue weighted by atomic mass is 10.0. The molecule has 55 heavy (non-hydrogen) atoms. The van der Waals surface area contributed by atoms with Crippen molar-refractivity contribution in [2.24, 2.45) is 9.98 Å². The monoisotopic (exact) mass is 713 g/mol. The van der Waals surface area contributed by atoms with Gasteiger partial charge in [0, 0.05) is 43.8 Å². The maximum absolute atomic E-state index is 4.62. The number of benzene rings is 8. The first-order valence-electron chi connectivity index (χ1n) is 18.7. The minimum absolute atomic E-state index is 0.0758. The molecule has 10 rings (SSSR count). The molecule has 0 aliphatic carbocycles. The lowest BCUT2D eigenvalue weighted by molar-refractivity contribution is 0.819. The standard InChI is InChI=1S/C32H20N2.C16H16N2.C2H7N/c1-2-11-23(12-3-1)34-30-15-14-20-8-6-7-13-24(20)32(30)27-18-26-25-16-21-9-4-5-10-22(21)17-28(25)33-29(26)19-31(27)34;1-13(14-9-5-3-6-10-14)18-16(17-2)15-11-7-4-8-12-15;1-3-2/h1-19,33H;3-13H,2H2,1H3;3H,1-2H3. The van der Waals surface area contributed by atoms with Gasteiger partial charge in [-0.2, -0.15) is 0 Å². The molecule has 2 aromatic heterocycles. The highest BCUT2D eigenvalue weighted by Gasteiger charge is 2.17. The van der Waals surface area contributed by atoms with Crippen molar-refractivity contribution in [2.45, 2.75) is 13.0 Å². The third-order valence-corrected chi connectivity index (χ3v) is 10.0. The van der Waals surface area contributed by atoms with Crippen molar-refractivity contribution >= 4 is 77.7 Å². The van der Waals surface area contributed by atoms with Crippen molar-refractivity contribution in [3.05, 3.63) is 187 Å². The molecule has 1 unspecified atom stereocenters. The molecular weight excluding hydrogens is 671 g/mol. The number of para-hydroxylation sites is 1. The number of aromatic amines is 1. The maximum Gasteiger partial charge on any atom is 0.154 e. The van der Waals surface area contributed by atoms with E-state index in [9.17, 15) is 0 Å². The van der Waals surface area contributed by atoms with E-state index in [1.165, 1.54) is 76.4 Å². The number of nitrogens with one attached hydrogen (secondary N) is 2. The molecule has 268 valence electrons. The molecule has 0 aliphatic rings. The molecule has 5 heteroatoms. The Labute approximate surface area is 321 Å². The third-order valence-electron chi connectivity index (χ3n) is 10.0. The second-order valence-electron chi connectivity index (χ2n) is 13.7. The van der Waals surface area contributed by atoms with Crippen LogP contribution < -0.4 is 5.32 Å². The Kier molecular flexibility index (Phi) is 10.0. The molecule has 5 nitrogen and oxygen atoms in total. The van der Waals surface area contributed by atoms with E-state index in [0.29, 0.717) is 5.84 Å². The van der Waals surface area contributed by atoms with E-state index in [0.717, 1.165) is 5.56 Å². The first-order valence-corrected chi connectivity index (χ1v) is 18.7. The summed E-state index contributed by atoms with van der Waals surface area (Å²) in [6, 6.07) is 62.0. The van der Waals surface area contributed by atoms with Crippen LogP contribution >= 0.6 is 0 Å². The van der Waals surface area contributed by atoms with E-state index in [1.54, 1.807) is 0 Å². The molecular formula is C50H43N5. The van der Waals surface area contributed by atoms with Crippen LogP contribution in [0.5, 0.6) is 0 Å². The summed E-state index contributed by atoms with van der Waals surface area (Å²) in [5, 5.41) is 13.0. The second-order valence-corrected chi connectivity index (χ2v) is 13.7. The van der Waals surface area contributed by atoms with Crippen LogP contribution in [0.4, 0.5) is 0 Å². The van der Waals surface area contributed by atoms with Crippen LogP contribution in [-0.4, -0.2) is 36.2 Å². The van der Waals surface area contributed by atoms with E-state index >= 15 is 0 Å². The van der Waals surface area contributed by atoms with E-state index < -0.39 is 0 Å². The minimum atomic E-state index is 0.0758. The molecule has 1 atom stereocenters. The maximum atomic E-state index is 4.62. The van der Waals surface area contributed by atoms with Crippen molar-refractivity contribution in [1.82, 2.24) is 14.9 Å². The van der Waals surface area contributed by atoms with Gasteiger partial charge in [0.25, 0.3) is 0 Å². The SMILES string of the molecule is C=NC(=NC(C)c1ccccc1)c1ccccc1.CNC.c1ccc(-n2c3cc4[nH]c5cc6ccccc6cc5c4cc3c3c4ccccc4ccc32)cc1. The fourth-order valence-corrected chi connectivity index (χ4v) is 7.51. The number of H-pyrrole nitrogens is 1. The third kappa shape index (κ3) is 6.90. The lowest BCUT2D eigenvalue weighted by Crippen LogP contribution is -2.00. The zero-order chi connectivity index (χ0) is 37.7. The molecule has 0 spiro atoms. The highest BCUT2D eigenvalue weighted by atomic mass is 15.0. The molecule has 0 fully saturated rings. The van der Waals surface area contributed by atoms with Crippen molar-refractivity contribution in [2.75, 3.05) is 14.1 Å². The van der Waals surface area contributed by atoms with Gasteiger partial charge in [0.15, 0.2) is 5.84 Å². The number of fused-ring (bicyclic) bond motifs is 9. The van der Waals surface area contributed by atoms with Gasteiger partial charge in [-0.3, -0.25) is 4.99 Å². The highest BCUT2D eigenvalue weighted by Crippen LogP contribution is 2.40. The van der Waals surface area contributed by atoms with Gasteiger partial charge in [0.1, 0.15) is 0 Å². The lowest BCUT2D eigenvalue weighted by Gasteiger charge is -2.08. The highest BCUT2D eigenvalue weighted by molar-refractivity contribution is 6.25. The summed E-state index contributed by atoms with van der Waals surface area (Å²) in [6.07, 6.45) is 0. The van der Waals surface area contributed by atoms with Gasteiger partial charge in [-0.05, 0) is 97.3 Å². The predicted molar refractivity (Wildman–Crippen MR) is 238 cm³/mol. The second kappa shape index (κ2) is 15.7. The van der Waals surface area contributed by atoms with Gasteiger partial charge >= 0.3 is 0 Å². The number of hydrogen-bond acceptors (Lipinski definition) is 2. The zero-order valence-electron chi connectivity index (χ0n) is 31.4. The zero-order valence-corrected chi connectivity index (χ0v) is 31.4. The first-order chi connectivity index (χ1) is 27.1. The normalized spacial score (nSPS) is 12.1. The van der Waals surface area contributed by atoms with Crippen LogP contribution in [0, 0.1) is 0 Å². The average molecular weight is 714 g/mol. The van der Waals surface area contributed by atoms with Crippen molar-refractivity contribution in [3.63, 3.8) is 0 Å². The predicted octanol–water partition coefficient (Wildman–Crippen LogP) is 12.5. The summed E-state index contributed by atoms with van der Waals surface area (Å²) < 4.78 is 2.40. The van der Waals surface area contributed by atoms with Crippen LogP contribution in [0.25, 0.3) is 70.8 Å².